The van der Waals surface area contributed by atoms with E-state index in [1.54, 1.807) is 31.4 Å². The molecule has 2 N–H and O–H groups in total. The monoisotopic (exact) mass is 388 g/mol. The number of halogens is 1. The Morgan fingerprint density at radius 3 is 2.58 bits per heavy atom. The van der Waals surface area contributed by atoms with Crippen molar-refractivity contribution in [1.82, 2.24) is 10.9 Å². The number of hydrogen-bond acceptors (Lipinski definition) is 3. The number of ether oxygens (including phenoxy) is 1. The zero-order valence-electron chi connectivity index (χ0n) is 13.3. The lowest BCUT2D eigenvalue weighted by atomic mass is 10.1. The van der Waals surface area contributed by atoms with Gasteiger partial charge in [-0.05, 0) is 36.8 Å². The molecule has 0 aliphatic carbocycles. The number of amides is 2. The smallest absolute Gasteiger partial charge is 0.269 e. The predicted molar refractivity (Wildman–Crippen MR) is 96.5 cm³/mol. The molecular formula is C18H17BrN2O3. The van der Waals surface area contributed by atoms with Crippen molar-refractivity contribution < 1.29 is 14.3 Å². The molecule has 0 spiro atoms. The van der Waals surface area contributed by atoms with Crippen LogP contribution in [0.25, 0.3) is 6.08 Å². The first kappa shape index (κ1) is 17.7. The van der Waals surface area contributed by atoms with Gasteiger partial charge in [0.15, 0.2) is 0 Å². The largest absolute Gasteiger partial charge is 0.496 e. The molecule has 0 heterocycles. The molecule has 2 amide bonds. The van der Waals surface area contributed by atoms with E-state index in [1.165, 1.54) is 6.08 Å². The Morgan fingerprint density at radius 2 is 1.88 bits per heavy atom. The van der Waals surface area contributed by atoms with Gasteiger partial charge in [-0.15, -0.1) is 0 Å². The van der Waals surface area contributed by atoms with E-state index >= 15 is 0 Å². The molecule has 2 aromatic rings. The van der Waals surface area contributed by atoms with Gasteiger partial charge in [-0.1, -0.05) is 40.2 Å². The van der Waals surface area contributed by atoms with Crippen LogP contribution in [0.4, 0.5) is 0 Å². The van der Waals surface area contributed by atoms with E-state index in [0.717, 1.165) is 15.6 Å². The van der Waals surface area contributed by atoms with Gasteiger partial charge in [0.1, 0.15) is 5.75 Å². The standard InChI is InChI=1S/C18H17BrN2O3/c1-12-7-8-14(11-15(12)19)18(23)21-20-17(22)10-9-13-5-3-4-6-16(13)24-2/h3-11H,1-2H3,(H,20,22)(H,21,23)/b10-9+. The SMILES string of the molecule is COc1ccccc1/C=C/C(=O)NNC(=O)c1ccc(C)c(Br)c1. The third-order valence-corrected chi connectivity index (χ3v) is 4.14. The first-order valence-corrected chi connectivity index (χ1v) is 7.98. The maximum atomic E-state index is 12.0. The van der Waals surface area contributed by atoms with Crippen LogP contribution in [0.15, 0.2) is 53.0 Å². The van der Waals surface area contributed by atoms with Crippen molar-refractivity contribution >= 4 is 33.8 Å². The lowest BCUT2D eigenvalue weighted by molar-refractivity contribution is -0.117. The molecule has 0 unspecified atom stereocenters. The van der Waals surface area contributed by atoms with Crippen molar-refractivity contribution in [3.8, 4) is 5.75 Å². The maximum absolute atomic E-state index is 12.0. The molecule has 0 saturated carbocycles. The summed E-state index contributed by atoms with van der Waals surface area (Å²) in [5.41, 5.74) is 6.95. The fourth-order valence-corrected chi connectivity index (χ4v) is 2.31. The number of carbonyl (C=O) groups is 2. The van der Waals surface area contributed by atoms with E-state index in [4.69, 9.17) is 4.74 Å². The summed E-state index contributed by atoms with van der Waals surface area (Å²) in [7, 11) is 1.56. The molecule has 0 aliphatic rings. The van der Waals surface area contributed by atoms with Crippen molar-refractivity contribution in [3.63, 3.8) is 0 Å². The molecule has 6 heteroatoms. The number of hydrazine groups is 1. The van der Waals surface area contributed by atoms with E-state index in [1.807, 2.05) is 31.2 Å². The van der Waals surface area contributed by atoms with Crippen LogP contribution in [0.3, 0.4) is 0 Å². The number of rotatable bonds is 4. The molecule has 0 atom stereocenters. The van der Waals surface area contributed by atoms with Gasteiger partial charge in [-0.25, -0.2) is 0 Å². The van der Waals surface area contributed by atoms with Crippen molar-refractivity contribution in [3.05, 3.63) is 69.7 Å². The highest BCUT2D eigenvalue weighted by atomic mass is 79.9. The van der Waals surface area contributed by atoms with E-state index in [-0.39, 0.29) is 0 Å². The molecule has 2 rings (SSSR count). The lowest BCUT2D eigenvalue weighted by Gasteiger charge is -2.07. The molecule has 0 bridgehead atoms. The second kappa shape index (κ2) is 8.31. The van der Waals surface area contributed by atoms with Crippen molar-refractivity contribution in [2.45, 2.75) is 6.92 Å². The summed E-state index contributed by atoms with van der Waals surface area (Å²) in [6.07, 6.45) is 2.94. The molecule has 0 radical (unpaired) electrons. The van der Waals surface area contributed by atoms with Gasteiger partial charge in [-0.3, -0.25) is 20.4 Å². The minimum Gasteiger partial charge on any atom is -0.496 e. The minimum atomic E-state index is -0.444. The highest BCUT2D eigenvalue weighted by Crippen LogP contribution is 2.18. The molecule has 0 saturated heterocycles. The number of aryl methyl sites for hydroxylation is 1. The van der Waals surface area contributed by atoms with Gasteiger partial charge in [0.25, 0.3) is 11.8 Å². The quantitative estimate of drug-likeness (QED) is 0.623. The third kappa shape index (κ3) is 4.70. The fraction of sp³-hybridized carbons (Fsp3) is 0.111. The highest BCUT2D eigenvalue weighted by molar-refractivity contribution is 9.10. The van der Waals surface area contributed by atoms with E-state index in [2.05, 4.69) is 26.8 Å². The summed E-state index contributed by atoms with van der Waals surface area (Å²) in [5, 5.41) is 0. The molecule has 0 aliphatic heterocycles. The first-order valence-electron chi connectivity index (χ1n) is 7.19. The number of para-hydroxylation sites is 1. The van der Waals surface area contributed by atoms with Gasteiger partial charge in [0.05, 0.1) is 7.11 Å². The molecule has 2 aromatic carbocycles. The fourth-order valence-electron chi connectivity index (χ4n) is 1.94. The normalized spacial score (nSPS) is 10.5. The van der Waals surface area contributed by atoms with Crippen molar-refractivity contribution in [2.75, 3.05) is 7.11 Å². The van der Waals surface area contributed by atoms with Crippen LogP contribution in [0, 0.1) is 6.92 Å². The van der Waals surface area contributed by atoms with Crippen molar-refractivity contribution in [1.29, 1.82) is 0 Å². The topological polar surface area (TPSA) is 67.4 Å². The van der Waals surface area contributed by atoms with Crippen LogP contribution >= 0.6 is 15.9 Å². The lowest BCUT2D eigenvalue weighted by Crippen LogP contribution is -2.40. The molecule has 5 nitrogen and oxygen atoms in total. The Hall–Kier alpha value is -2.60. The Labute approximate surface area is 148 Å². The number of benzene rings is 2. The number of hydrogen-bond donors (Lipinski definition) is 2. The molecule has 124 valence electrons. The average Bonchev–Trinajstić information content (AvgIpc) is 2.60. The average molecular weight is 389 g/mol. The number of nitrogens with one attached hydrogen (secondary N) is 2. The van der Waals surface area contributed by atoms with E-state index in [0.29, 0.717) is 11.3 Å². The van der Waals surface area contributed by atoms with Gasteiger partial charge in [0, 0.05) is 21.7 Å². The summed E-state index contributed by atoms with van der Waals surface area (Å²) < 4.78 is 6.03. The number of carbonyl (C=O) groups excluding carboxylic acids is 2. The maximum Gasteiger partial charge on any atom is 0.269 e. The Morgan fingerprint density at radius 1 is 1.12 bits per heavy atom. The summed E-state index contributed by atoms with van der Waals surface area (Å²) in [5.74, 6) is -0.176. The van der Waals surface area contributed by atoms with Crippen LogP contribution in [-0.4, -0.2) is 18.9 Å². The minimum absolute atomic E-state index is 0.394. The summed E-state index contributed by atoms with van der Waals surface area (Å²) in [4.78, 5) is 23.8. The van der Waals surface area contributed by atoms with Crippen LogP contribution < -0.4 is 15.6 Å². The zero-order chi connectivity index (χ0) is 17.5. The summed E-state index contributed by atoms with van der Waals surface area (Å²) >= 11 is 3.37. The van der Waals surface area contributed by atoms with E-state index < -0.39 is 11.8 Å². The van der Waals surface area contributed by atoms with Crippen LogP contribution in [-0.2, 0) is 4.79 Å². The third-order valence-electron chi connectivity index (χ3n) is 3.29. The highest BCUT2D eigenvalue weighted by Gasteiger charge is 2.07. The van der Waals surface area contributed by atoms with Gasteiger partial charge >= 0.3 is 0 Å². The Bertz CT molecular complexity index is 788. The Balaban J connectivity index is 1.94. The molecule has 24 heavy (non-hydrogen) atoms. The van der Waals surface area contributed by atoms with Gasteiger partial charge in [0.2, 0.25) is 0 Å². The second-order valence-corrected chi connectivity index (χ2v) is 5.84. The van der Waals surface area contributed by atoms with Gasteiger partial charge in [-0.2, -0.15) is 0 Å². The van der Waals surface area contributed by atoms with Crippen LogP contribution in [0.5, 0.6) is 5.75 Å². The Kier molecular flexibility index (Phi) is 6.14. The molecule has 0 aromatic heterocycles. The first-order chi connectivity index (χ1) is 11.5. The zero-order valence-corrected chi connectivity index (χ0v) is 14.9. The summed E-state index contributed by atoms with van der Waals surface area (Å²) in [6.45, 7) is 1.93. The summed E-state index contributed by atoms with van der Waals surface area (Å²) in [6, 6.07) is 12.5. The van der Waals surface area contributed by atoms with Crippen molar-refractivity contribution in [2.24, 2.45) is 0 Å². The second-order valence-electron chi connectivity index (χ2n) is 4.98. The predicted octanol–water partition coefficient (Wildman–Crippen LogP) is 3.24. The number of methoxy groups -OCH3 is 1. The van der Waals surface area contributed by atoms with E-state index in [9.17, 15) is 9.59 Å². The van der Waals surface area contributed by atoms with Gasteiger partial charge < -0.3 is 4.74 Å². The van der Waals surface area contributed by atoms with Crippen LogP contribution in [0.2, 0.25) is 0 Å². The molecule has 0 fully saturated rings. The molecular weight excluding hydrogens is 372 g/mol. The van der Waals surface area contributed by atoms with Crippen LogP contribution in [0.1, 0.15) is 21.5 Å².